The molecule has 3 heterocycles. The summed E-state index contributed by atoms with van der Waals surface area (Å²) in [5.74, 6) is -1.60. The Bertz CT molecular complexity index is 953. The van der Waals surface area contributed by atoms with Gasteiger partial charge < -0.3 is 24.8 Å². The van der Waals surface area contributed by atoms with Gasteiger partial charge in [0.25, 0.3) is 11.5 Å². The number of rotatable bonds is 4. The lowest BCUT2D eigenvalue weighted by Crippen LogP contribution is -2.60. The number of hydrogen-bond acceptors (Lipinski definition) is 7. The van der Waals surface area contributed by atoms with E-state index in [9.17, 15) is 29.0 Å². The Morgan fingerprint density at radius 2 is 2.19 bits per heavy atom. The zero-order valence-electron chi connectivity index (χ0n) is 14.2. The highest BCUT2D eigenvalue weighted by atomic mass is 19.1. The Balaban J connectivity index is 1.68. The van der Waals surface area contributed by atoms with Gasteiger partial charge in [-0.05, 0) is 0 Å². The number of nitrogens with one attached hydrogen (secondary N) is 2. The van der Waals surface area contributed by atoms with Gasteiger partial charge in [-0.25, -0.2) is 9.78 Å². The van der Waals surface area contributed by atoms with Gasteiger partial charge >= 0.3 is 5.69 Å². The van der Waals surface area contributed by atoms with E-state index >= 15 is 0 Å². The molecular weight excluding hydrogens is 365 g/mol. The zero-order chi connectivity index (χ0) is 19.7. The number of halogens is 1. The second-order valence-electron chi connectivity index (χ2n) is 6.18. The van der Waals surface area contributed by atoms with Crippen molar-refractivity contribution in [2.45, 2.75) is 30.9 Å². The second-order valence-corrected chi connectivity index (χ2v) is 6.18. The van der Waals surface area contributed by atoms with Gasteiger partial charge in [0.2, 0.25) is 5.82 Å². The zero-order valence-corrected chi connectivity index (χ0v) is 14.2. The maximum absolute atomic E-state index is 13.3. The molecule has 11 nitrogen and oxygen atoms in total. The van der Waals surface area contributed by atoms with E-state index in [1.807, 2.05) is 0 Å². The Hall–Kier alpha value is -2.83. The van der Waals surface area contributed by atoms with Crippen LogP contribution in [0.15, 0.2) is 28.2 Å². The van der Waals surface area contributed by atoms with Gasteiger partial charge in [0, 0.05) is 19.4 Å². The van der Waals surface area contributed by atoms with E-state index < -0.39 is 47.3 Å². The van der Waals surface area contributed by atoms with Crippen LogP contribution < -0.4 is 16.6 Å². The minimum absolute atomic E-state index is 0.120. The summed E-state index contributed by atoms with van der Waals surface area (Å²) in [6.07, 6.45) is -0.199. The molecule has 0 aromatic carbocycles. The average molecular weight is 383 g/mol. The van der Waals surface area contributed by atoms with E-state index in [1.54, 1.807) is 18.2 Å². The smallest absolute Gasteiger partial charge is 0.328 e. The molecule has 2 aromatic rings. The summed E-state index contributed by atoms with van der Waals surface area (Å²) in [6, 6.07) is -0.913. The summed E-state index contributed by atoms with van der Waals surface area (Å²) in [7, 11) is 1.63. The third kappa shape index (κ3) is 3.82. The van der Waals surface area contributed by atoms with Crippen molar-refractivity contribution in [2.24, 2.45) is 7.05 Å². The summed E-state index contributed by atoms with van der Waals surface area (Å²) >= 11 is 0. The fourth-order valence-corrected chi connectivity index (χ4v) is 2.80. The number of aliphatic hydroxyl groups excluding tert-OH is 2. The molecule has 0 radical (unpaired) electrons. The van der Waals surface area contributed by atoms with Crippen molar-refractivity contribution >= 4 is 5.91 Å². The van der Waals surface area contributed by atoms with Crippen molar-refractivity contribution in [3.63, 3.8) is 0 Å². The molecule has 4 atom stereocenters. The number of aromatic amines is 1. The van der Waals surface area contributed by atoms with Gasteiger partial charge in [-0.2, -0.15) is 4.39 Å². The molecule has 0 bridgehead atoms. The van der Waals surface area contributed by atoms with E-state index in [2.05, 4.69) is 10.3 Å². The van der Waals surface area contributed by atoms with E-state index in [1.165, 1.54) is 10.8 Å². The predicted molar refractivity (Wildman–Crippen MR) is 87.5 cm³/mol. The topological polar surface area (TPSA) is 151 Å². The van der Waals surface area contributed by atoms with Gasteiger partial charge in [-0.3, -0.25) is 19.1 Å². The van der Waals surface area contributed by atoms with Crippen LogP contribution in [0, 0.1) is 5.82 Å². The minimum Gasteiger partial charge on any atom is -0.388 e. The van der Waals surface area contributed by atoms with Gasteiger partial charge in [0.05, 0.1) is 25.4 Å². The van der Waals surface area contributed by atoms with Crippen molar-refractivity contribution in [1.29, 1.82) is 0 Å². The summed E-state index contributed by atoms with van der Waals surface area (Å²) in [5.41, 5.74) is -2.03. The van der Waals surface area contributed by atoms with Crippen molar-refractivity contribution in [3.05, 3.63) is 51.1 Å². The number of carbonyl (C=O) groups excluding carboxylic acids is 1. The molecule has 1 aliphatic rings. The quantitative estimate of drug-likeness (QED) is 0.449. The molecule has 3 rings (SSSR count). The maximum Gasteiger partial charge on any atom is 0.328 e. The van der Waals surface area contributed by atoms with E-state index in [4.69, 9.17) is 4.74 Å². The number of ether oxygens (including phenoxy) is 1. The normalized spacial score (nSPS) is 25.3. The Labute approximate surface area is 151 Å². The first-order valence-electron chi connectivity index (χ1n) is 8.03. The fraction of sp³-hybridized carbons (Fsp3) is 0.467. The lowest BCUT2D eigenvalue weighted by Gasteiger charge is -2.37. The van der Waals surface area contributed by atoms with Crippen LogP contribution in [0.4, 0.5) is 4.39 Å². The first-order valence-corrected chi connectivity index (χ1v) is 8.03. The highest BCUT2D eigenvalue weighted by Gasteiger charge is 2.39. The first kappa shape index (κ1) is 18.9. The molecule has 1 saturated heterocycles. The monoisotopic (exact) mass is 383 g/mol. The Morgan fingerprint density at radius 3 is 2.85 bits per heavy atom. The fourth-order valence-electron chi connectivity index (χ4n) is 2.80. The Kier molecular flexibility index (Phi) is 5.21. The summed E-state index contributed by atoms with van der Waals surface area (Å²) in [5, 5.41) is 23.1. The molecule has 146 valence electrons. The number of aliphatic hydroxyl groups is 2. The summed E-state index contributed by atoms with van der Waals surface area (Å²) in [6.45, 7) is -0.454. The van der Waals surface area contributed by atoms with Gasteiger partial charge in [0.15, 0.2) is 5.82 Å². The molecule has 0 aliphatic carbocycles. The molecule has 4 N–H and O–H groups in total. The lowest BCUT2D eigenvalue weighted by molar-refractivity contribution is -0.152. The van der Waals surface area contributed by atoms with Crippen LogP contribution in [0.1, 0.15) is 10.6 Å². The number of aromatic nitrogens is 4. The first-order chi connectivity index (χ1) is 12.8. The molecular formula is C15H18FN5O6. The molecule has 1 fully saturated rings. The number of aryl methyl sites for hydroxylation is 1. The number of carbonyl (C=O) groups is 1. The number of nitrogens with zero attached hydrogens (tertiary/aromatic N) is 3. The minimum atomic E-state index is -1.47. The van der Waals surface area contributed by atoms with Crippen molar-refractivity contribution < 1.29 is 24.1 Å². The van der Waals surface area contributed by atoms with Crippen LogP contribution in [0.2, 0.25) is 0 Å². The summed E-state index contributed by atoms with van der Waals surface area (Å²) < 4.78 is 21.1. The maximum atomic E-state index is 13.3. The van der Waals surface area contributed by atoms with Crippen LogP contribution in [-0.4, -0.2) is 66.2 Å². The number of amides is 1. The molecule has 0 saturated carbocycles. The van der Waals surface area contributed by atoms with E-state index in [0.29, 0.717) is 6.20 Å². The molecule has 27 heavy (non-hydrogen) atoms. The van der Waals surface area contributed by atoms with Crippen LogP contribution in [-0.2, 0) is 18.3 Å². The van der Waals surface area contributed by atoms with Crippen molar-refractivity contribution in [3.8, 4) is 0 Å². The van der Waals surface area contributed by atoms with Crippen molar-refractivity contribution in [1.82, 2.24) is 24.4 Å². The molecule has 0 unspecified atom stereocenters. The van der Waals surface area contributed by atoms with Gasteiger partial charge in [-0.1, -0.05) is 0 Å². The van der Waals surface area contributed by atoms with Gasteiger partial charge in [0.1, 0.15) is 18.3 Å². The molecule has 12 heteroatoms. The van der Waals surface area contributed by atoms with Crippen LogP contribution in [0.5, 0.6) is 0 Å². The van der Waals surface area contributed by atoms with Crippen LogP contribution >= 0.6 is 0 Å². The molecule has 1 aliphatic heterocycles. The standard InChI is InChI=1S/C15H18FN5O6/c1-20-3-2-17-12(20)14(25)18-8-6-27-9(11(23)10(8)22)5-21-4-7(16)13(24)19-15(21)26/h2-4,8-11,22-23H,5-6H2,1H3,(H,18,25)(H,19,24,26)/t8-,9-,10+,11-/m1/s1. The van der Waals surface area contributed by atoms with Crippen LogP contribution in [0.3, 0.4) is 0 Å². The number of H-pyrrole nitrogens is 1. The highest BCUT2D eigenvalue weighted by Crippen LogP contribution is 2.17. The number of hydrogen-bond donors (Lipinski definition) is 4. The third-order valence-corrected chi connectivity index (χ3v) is 4.32. The second kappa shape index (κ2) is 7.42. The average Bonchev–Trinajstić information content (AvgIpc) is 3.05. The van der Waals surface area contributed by atoms with E-state index in [-0.39, 0.29) is 19.0 Å². The molecule has 2 aromatic heterocycles. The van der Waals surface area contributed by atoms with Gasteiger partial charge in [-0.15, -0.1) is 0 Å². The van der Waals surface area contributed by atoms with E-state index in [0.717, 1.165) is 4.57 Å². The Morgan fingerprint density at radius 1 is 1.44 bits per heavy atom. The third-order valence-electron chi connectivity index (χ3n) is 4.32. The highest BCUT2D eigenvalue weighted by molar-refractivity contribution is 5.91. The molecule has 1 amide bonds. The summed E-state index contributed by atoms with van der Waals surface area (Å²) in [4.78, 5) is 40.6. The predicted octanol–water partition coefficient (Wildman–Crippen LogP) is -2.67. The lowest BCUT2D eigenvalue weighted by atomic mass is 9.98. The largest absolute Gasteiger partial charge is 0.388 e. The van der Waals surface area contributed by atoms with Crippen LogP contribution in [0.25, 0.3) is 0 Å². The SMILES string of the molecule is Cn1ccnc1C(=O)N[C@@H]1CO[C@H](Cn2cc(F)c(=O)[nH]c2=O)[C@@H](O)[C@H]1O. The number of imidazole rings is 1. The molecule has 0 spiro atoms. The van der Waals surface area contributed by atoms with Crippen molar-refractivity contribution in [2.75, 3.05) is 6.61 Å².